The predicted molar refractivity (Wildman–Crippen MR) is 82.8 cm³/mol. The molecule has 1 aliphatic rings. The quantitative estimate of drug-likeness (QED) is 0.690. The lowest BCUT2D eigenvalue weighted by Crippen LogP contribution is -2.33. The Bertz CT molecular complexity index is 775. The summed E-state index contributed by atoms with van der Waals surface area (Å²) in [4.78, 5) is 24.2. The molecule has 0 bridgehead atoms. The number of phenolic OH excluding ortho intramolecular Hbond substituents is 1. The van der Waals surface area contributed by atoms with Gasteiger partial charge in [0.2, 0.25) is 0 Å². The van der Waals surface area contributed by atoms with Gasteiger partial charge in [0.25, 0.3) is 11.6 Å². The van der Waals surface area contributed by atoms with Gasteiger partial charge in [0.05, 0.1) is 10.6 Å². The zero-order chi connectivity index (χ0) is 16.4. The lowest BCUT2D eigenvalue weighted by Gasteiger charge is -2.17. The van der Waals surface area contributed by atoms with Crippen LogP contribution in [0.1, 0.15) is 5.56 Å². The first-order valence-corrected chi connectivity index (χ1v) is 7.05. The zero-order valence-corrected chi connectivity index (χ0v) is 12.1. The summed E-state index contributed by atoms with van der Waals surface area (Å²) in [5, 5.41) is 20.5. The van der Waals surface area contributed by atoms with Gasteiger partial charge in [0, 0.05) is 18.7 Å². The van der Waals surface area contributed by atoms with Crippen molar-refractivity contribution in [3.63, 3.8) is 0 Å². The molecular weight excluding hydrogens is 300 g/mol. The predicted octanol–water partition coefficient (Wildman–Crippen LogP) is 2.27. The fraction of sp³-hybridized carbons (Fsp3) is 0.188. The van der Waals surface area contributed by atoms with E-state index in [1.54, 1.807) is 24.3 Å². The Morgan fingerprint density at radius 2 is 2.09 bits per heavy atom. The van der Waals surface area contributed by atoms with Crippen LogP contribution in [-0.2, 0) is 11.2 Å². The summed E-state index contributed by atoms with van der Waals surface area (Å²) in [5.41, 5.74) is 1.39. The molecule has 3 rings (SSSR count). The molecule has 0 unspecified atom stereocenters. The number of anilines is 1. The number of hydrogen-bond donors (Lipinski definition) is 1. The van der Waals surface area contributed by atoms with E-state index >= 15 is 0 Å². The van der Waals surface area contributed by atoms with Crippen molar-refractivity contribution in [3.8, 4) is 11.5 Å². The minimum absolute atomic E-state index is 0.0437. The summed E-state index contributed by atoms with van der Waals surface area (Å²) in [5.74, 6) is -0.135. The van der Waals surface area contributed by atoms with Crippen LogP contribution in [0.5, 0.6) is 11.5 Å². The third-order valence-electron chi connectivity index (χ3n) is 3.69. The SMILES string of the molecule is O=C(COc1ccccc1O)N1CCc2ccc([N+](=O)[O-])cc21. The third-order valence-corrected chi connectivity index (χ3v) is 3.69. The van der Waals surface area contributed by atoms with Crippen LogP contribution in [0, 0.1) is 10.1 Å². The zero-order valence-electron chi connectivity index (χ0n) is 12.1. The van der Waals surface area contributed by atoms with Crippen molar-refractivity contribution in [1.82, 2.24) is 0 Å². The average molecular weight is 314 g/mol. The van der Waals surface area contributed by atoms with E-state index in [1.807, 2.05) is 0 Å². The van der Waals surface area contributed by atoms with Crippen LogP contribution >= 0.6 is 0 Å². The highest BCUT2D eigenvalue weighted by Crippen LogP contribution is 2.32. The summed E-state index contributed by atoms with van der Waals surface area (Å²) in [6.07, 6.45) is 0.648. The van der Waals surface area contributed by atoms with Crippen LogP contribution in [0.15, 0.2) is 42.5 Å². The summed E-state index contributed by atoms with van der Waals surface area (Å²) >= 11 is 0. The first-order valence-electron chi connectivity index (χ1n) is 7.05. The molecule has 7 nitrogen and oxygen atoms in total. The number of para-hydroxylation sites is 2. The van der Waals surface area contributed by atoms with E-state index in [0.717, 1.165) is 5.56 Å². The molecule has 23 heavy (non-hydrogen) atoms. The molecule has 1 N–H and O–H groups in total. The smallest absolute Gasteiger partial charge is 0.271 e. The Kier molecular flexibility index (Phi) is 3.84. The molecule has 0 atom stereocenters. The molecule has 1 heterocycles. The first kappa shape index (κ1) is 14.8. The number of hydrogen-bond acceptors (Lipinski definition) is 5. The highest BCUT2D eigenvalue weighted by Gasteiger charge is 2.27. The molecule has 0 saturated heterocycles. The van der Waals surface area contributed by atoms with Crippen molar-refractivity contribution in [2.24, 2.45) is 0 Å². The minimum Gasteiger partial charge on any atom is -0.504 e. The van der Waals surface area contributed by atoms with Crippen molar-refractivity contribution in [3.05, 3.63) is 58.1 Å². The minimum atomic E-state index is -0.486. The fourth-order valence-electron chi connectivity index (χ4n) is 2.54. The highest BCUT2D eigenvalue weighted by molar-refractivity contribution is 5.96. The van der Waals surface area contributed by atoms with E-state index in [2.05, 4.69) is 0 Å². The molecule has 118 valence electrons. The van der Waals surface area contributed by atoms with E-state index in [1.165, 1.54) is 23.1 Å². The Hall–Kier alpha value is -3.09. The van der Waals surface area contributed by atoms with E-state index in [4.69, 9.17) is 4.74 Å². The molecule has 0 aliphatic carbocycles. The second-order valence-corrected chi connectivity index (χ2v) is 5.12. The van der Waals surface area contributed by atoms with Gasteiger partial charge >= 0.3 is 0 Å². The number of fused-ring (bicyclic) bond motifs is 1. The van der Waals surface area contributed by atoms with Crippen molar-refractivity contribution >= 4 is 17.3 Å². The number of aromatic hydroxyl groups is 1. The monoisotopic (exact) mass is 314 g/mol. The van der Waals surface area contributed by atoms with Gasteiger partial charge in [-0.15, -0.1) is 0 Å². The van der Waals surface area contributed by atoms with Gasteiger partial charge in [0.15, 0.2) is 18.1 Å². The fourth-order valence-corrected chi connectivity index (χ4v) is 2.54. The number of rotatable bonds is 4. The Labute approximate surface area is 131 Å². The van der Waals surface area contributed by atoms with Gasteiger partial charge < -0.3 is 14.7 Å². The molecule has 0 spiro atoms. The lowest BCUT2D eigenvalue weighted by atomic mass is 10.1. The number of carbonyl (C=O) groups excluding carboxylic acids is 1. The van der Waals surface area contributed by atoms with Crippen LogP contribution in [0.25, 0.3) is 0 Å². The molecule has 0 radical (unpaired) electrons. The molecule has 7 heteroatoms. The Balaban J connectivity index is 1.74. The number of amides is 1. The largest absolute Gasteiger partial charge is 0.504 e. The Morgan fingerprint density at radius 1 is 1.30 bits per heavy atom. The van der Waals surface area contributed by atoms with Gasteiger partial charge in [-0.1, -0.05) is 18.2 Å². The van der Waals surface area contributed by atoms with E-state index in [0.29, 0.717) is 18.7 Å². The molecule has 1 aliphatic heterocycles. The van der Waals surface area contributed by atoms with Crippen LogP contribution in [0.3, 0.4) is 0 Å². The number of non-ortho nitro benzene ring substituents is 1. The number of phenols is 1. The highest BCUT2D eigenvalue weighted by atomic mass is 16.6. The summed E-state index contributed by atoms with van der Waals surface area (Å²) in [6, 6.07) is 10.9. The molecule has 0 fully saturated rings. The topological polar surface area (TPSA) is 92.9 Å². The average Bonchev–Trinajstić information content (AvgIpc) is 2.97. The van der Waals surface area contributed by atoms with Gasteiger partial charge in [-0.3, -0.25) is 14.9 Å². The summed E-state index contributed by atoms with van der Waals surface area (Å²) < 4.78 is 5.33. The number of nitro benzene ring substituents is 1. The second-order valence-electron chi connectivity index (χ2n) is 5.12. The molecule has 2 aromatic carbocycles. The number of benzene rings is 2. The maximum absolute atomic E-state index is 12.3. The standard InChI is InChI=1S/C16H14N2O5/c19-14-3-1-2-4-15(14)23-10-16(20)17-8-7-11-5-6-12(18(21)22)9-13(11)17/h1-6,9,19H,7-8,10H2. The van der Waals surface area contributed by atoms with Crippen LogP contribution < -0.4 is 9.64 Å². The maximum atomic E-state index is 12.3. The Morgan fingerprint density at radius 3 is 2.83 bits per heavy atom. The van der Waals surface area contributed by atoms with Gasteiger partial charge in [0.1, 0.15) is 0 Å². The van der Waals surface area contributed by atoms with Crippen LogP contribution in [0.2, 0.25) is 0 Å². The summed E-state index contributed by atoms with van der Waals surface area (Å²) in [7, 11) is 0. The third kappa shape index (κ3) is 2.94. The van der Waals surface area contributed by atoms with Crippen LogP contribution in [0.4, 0.5) is 11.4 Å². The first-order chi connectivity index (χ1) is 11.1. The number of nitro groups is 1. The van der Waals surface area contributed by atoms with Gasteiger partial charge in [-0.2, -0.15) is 0 Å². The van der Waals surface area contributed by atoms with Crippen molar-refractivity contribution < 1.29 is 19.6 Å². The maximum Gasteiger partial charge on any atom is 0.271 e. The lowest BCUT2D eigenvalue weighted by molar-refractivity contribution is -0.384. The molecule has 0 saturated carbocycles. The normalized spacial score (nSPS) is 12.8. The van der Waals surface area contributed by atoms with Gasteiger partial charge in [-0.05, 0) is 24.1 Å². The van der Waals surface area contributed by atoms with E-state index < -0.39 is 4.92 Å². The molecule has 0 aromatic heterocycles. The second kappa shape index (κ2) is 5.96. The number of nitrogens with zero attached hydrogens (tertiary/aromatic N) is 2. The number of carbonyl (C=O) groups is 1. The molecule has 1 amide bonds. The van der Waals surface area contributed by atoms with Crippen molar-refractivity contribution in [1.29, 1.82) is 0 Å². The van der Waals surface area contributed by atoms with Crippen LogP contribution in [-0.4, -0.2) is 29.1 Å². The molecule has 2 aromatic rings. The number of ether oxygens (including phenoxy) is 1. The van der Waals surface area contributed by atoms with E-state index in [-0.39, 0.29) is 29.7 Å². The van der Waals surface area contributed by atoms with Crippen molar-refractivity contribution in [2.75, 3.05) is 18.1 Å². The van der Waals surface area contributed by atoms with E-state index in [9.17, 15) is 20.0 Å². The van der Waals surface area contributed by atoms with Gasteiger partial charge in [-0.25, -0.2) is 0 Å². The molecular formula is C16H14N2O5. The summed E-state index contributed by atoms with van der Waals surface area (Å²) in [6.45, 7) is 0.208. The van der Waals surface area contributed by atoms with Crippen molar-refractivity contribution in [2.45, 2.75) is 6.42 Å².